The lowest BCUT2D eigenvalue weighted by Crippen LogP contribution is -2.68. The van der Waals surface area contributed by atoms with Crippen molar-refractivity contribution in [2.75, 3.05) is 26.2 Å². The van der Waals surface area contributed by atoms with Crippen LogP contribution in [0.1, 0.15) is 69.9 Å². The number of rotatable bonds is 1. The van der Waals surface area contributed by atoms with Gasteiger partial charge >= 0.3 is 0 Å². The molecule has 1 unspecified atom stereocenters. The number of aliphatic hydroxyl groups is 2. The zero-order chi connectivity index (χ0) is 28.8. The lowest BCUT2D eigenvalue weighted by Gasteiger charge is -2.58. The summed E-state index contributed by atoms with van der Waals surface area (Å²) in [5.41, 5.74) is 3.14. The maximum atomic E-state index is 13.2. The summed E-state index contributed by atoms with van der Waals surface area (Å²) in [5, 5.41) is 26.5. The summed E-state index contributed by atoms with van der Waals surface area (Å²) in [6.07, 6.45) is 18.1. The number of hydrogen-bond donors (Lipinski definition) is 3. The molecule has 43 heavy (non-hydrogen) atoms. The molecule has 3 aromatic rings. The van der Waals surface area contributed by atoms with E-state index in [9.17, 15) is 10.2 Å². The fraction of sp³-hybridized carbons (Fsp3) is 0.583. The summed E-state index contributed by atoms with van der Waals surface area (Å²) in [4.78, 5) is 12.8. The first-order chi connectivity index (χ1) is 21.0. The SMILES string of the molecule is O[C@@H]1CC[C@@]23C[C@]45CN6CCCC/C=C\CC[C@](O)(C=C(c7[nH+]ccc8c7[nH]c7ccccc78)[C@@H]4CC6)[C@@H]5N2CC[C@H]1O3. The number of nitrogens with one attached hydrogen (secondary N) is 2. The maximum Gasteiger partial charge on any atom is 0.231 e. The number of hydrogen-bond acceptors (Lipinski definition) is 5. The van der Waals surface area contributed by atoms with Crippen LogP contribution in [0.3, 0.4) is 0 Å². The second kappa shape index (κ2) is 9.72. The minimum Gasteiger partial charge on any atom is -0.390 e. The van der Waals surface area contributed by atoms with Gasteiger partial charge in [0.15, 0.2) is 6.20 Å². The van der Waals surface area contributed by atoms with Crippen LogP contribution in [0.4, 0.5) is 0 Å². The molecule has 0 saturated carbocycles. The van der Waals surface area contributed by atoms with Gasteiger partial charge in [0.2, 0.25) is 5.69 Å². The Morgan fingerprint density at radius 3 is 2.81 bits per heavy atom. The Morgan fingerprint density at radius 2 is 1.86 bits per heavy atom. The van der Waals surface area contributed by atoms with Crippen LogP contribution in [-0.2, 0) is 4.74 Å². The summed E-state index contributed by atoms with van der Waals surface area (Å²) in [6.45, 7) is 4.08. The minimum atomic E-state index is -0.995. The molecule has 9 rings (SSSR count). The van der Waals surface area contributed by atoms with Crippen molar-refractivity contribution in [3.05, 3.63) is 60.5 Å². The number of ether oxygens (including phenoxy) is 1. The van der Waals surface area contributed by atoms with E-state index in [1.807, 2.05) is 0 Å². The molecule has 226 valence electrons. The molecule has 7 nitrogen and oxygen atoms in total. The second-order valence-corrected chi connectivity index (χ2v) is 14.5. The fourth-order valence-electron chi connectivity index (χ4n) is 10.6. The Hall–Kier alpha value is -2.55. The van der Waals surface area contributed by atoms with Gasteiger partial charge in [-0.25, -0.2) is 4.98 Å². The largest absolute Gasteiger partial charge is 0.390 e. The normalized spacial score (nSPS) is 42.0. The molecule has 1 aromatic carbocycles. The highest BCUT2D eigenvalue weighted by molar-refractivity contribution is 6.09. The van der Waals surface area contributed by atoms with Crippen LogP contribution in [-0.4, -0.2) is 80.8 Å². The Morgan fingerprint density at radius 1 is 0.953 bits per heavy atom. The molecule has 5 aliphatic heterocycles. The third kappa shape index (κ3) is 3.88. The van der Waals surface area contributed by atoms with Gasteiger partial charge in [-0.2, -0.15) is 0 Å². The van der Waals surface area contributed by atoms with Gasteiger partial charge in [0, 0.05) is 52.4 Å². The molecule has 7 heteroatoms. The third-order valence-electron chi connectivity index (χ3n) is 12.2. The summed E-state index contributed by atoms with van der Waals surface area (Å²) >= 11 is 0. The van der Waals surface area contributed by atoms with Crippen LogP contribution >= 0.6 is 0 Å². The number of nitrogens with zero attached hydrogens (tertiary/aromatic N) is 2. The number of benzene rings is 1. The number of aromatic nitrogens is 2. The second-order valence-electron chi connectivity index (χ2n) is 14.5. The monoisotopic (exact) mass is 581 g/mol. The summed E-state index contributed by atoms with van der Waals surface area (Å²) < 4.78 is 6.95. The molecule has 4 fully saturated rings. The van der Waals surface area contributed by atoms with E-state index in [1.54, 1.807) is 0 Å². The van der Waals surface area contributed by atoms with E-state index < -0.39 is 11.3 Å². The lowest BCUT2D eigenvalue weighted by molar-refractivity contribution is -0.380. The Bertz CT molecular complexity index is 1630. The first kappa shape index (κ1) is 26.8. The number of piperidine rings is 1. The number of para-hydroxylation sites is 1. The van der Waals surface area contributed by atoms with Gasteiger partial charge in [-0.15, -0.1) is 0 Å². The molecule has 1 aliphatic carbocycles. The van der Waals surface area contributed by atoms with Crippen molar-refractivity contribution >= 4 is 27.4 Å². The average Bonchev–Trinajstić information content (AvgIpc) is 3.53. The van der Waals surface area contributed by atoms with Gasteiger partial charge in [0.25, 0.3) is 0 Å². The Labute approximate surface area is 253 Å². The van der Waals surface area contributed by atoms with E-state index in [2.05, 4.69) is 74.5 Å². The lowest BCUT2D eigenvalue weighted by atomic mass is 9.54. The Kier molecular flexibility index (Phi) is 6.06. The van der Waals surface area contributed by atoms with Gasteiger partial charge in [0.1, 0.15) is 16.8 Å². The number of aromatic amines is 2. The van der Waals surface area contributed by atoms with E-state index in [4.69, 9.17) is 4.74 Å². The van der Waals surface area contributed by atoms with Crippen molar-refractivity contribution in [2.45, 2.75) is 93.8 Å². The van der Waals surface area contributed by atoms with Crippen LogP contribution < -0.4 is 4.98 Å². The van der Waals surface area contributed by atoms with Crippen LogP contribution in [0.2, 0.25) is 0 Å². The minimum absolute atomic E-state index is 0.0104. The molecular formula is C36H45N4O3+. The number of allylic oxidation sites excluding steroid dienone is 3. The van der Waals surface area contributed by atoms with Crippen LogP contribution in [0, 0.1) is 11.3 Å². The predicted molar refractivity (Wildman–Crippen MR) is 167 cm³/mol. The van der Waals surface area contributed by atoms with Gasteiger partial charge in [-0.1, -0.05) is 30.4 Å². The fourth-order valence-corrected chi connectivity index (χ4v) is 10.6. The molecule has 4 saturated heterocycles. The quantitative estimate of drug-likeness (QED) is 0.360. The van der Waals surface area contributed by atoms with Crippen molar-refractivity contribution in [2.24, 2.45) is 11.3 Å². The van der Waals surface area contributed by atoms with E-state index in [0.717, 1.165) is 87.9 Å². The summed E-state index contributed by atoms with van der Waals surface area (Å²) in [5.74, 6) is 0.303. The predicted octanol–water partition coefficient (Wildman–Crippen LogP) is 4.81. The number of fused-ring (bicyclic) bond motifs is 5. The topological polar surface area (TPSA) is 86.1 Å². The van der Waals surface area contributed by atoms with Crippen molar-refractivity contribution in [1.29, 1.82) is 0 Å². The molecular weight excluding hydrogens is 536 g/mol. The molecule has 2 aromatic heterocycles. The van der Waals surface area contributed by atoms with Gasteiger partial charge in [0.05, 0.1) is 18.2 Å². The molecule has 0 amide bonds. The van der Waals surface area contributed by atoms with Gasteiger partial charge < -0.3 is 24.8 Å². The molecule has 8 atom stereocenters. The first-order valence-corrected chi connectivity index (χ1v) is 16.9. The highest BCUT2D eigenvalue weighted by atomic mass is 16.5. The van der Waals surface area contributed by atoms with Crippen LogP contribution in [0.25, 0.3) is 27.4 Å². The average molecular weight is 582 g/mol. The third-order valence-corrected chi connectivity index (χ3v) is 12.2. The molecule has 4 N–H and O–H groups in total. The summed E-state index contributed by atoms with van der Waals surface area (Å²) in [6, 6.07) is 10.7. The van der Waals surface area contributed by atoms with Crippen molar-refractivity contribution < 1.29 is 19.9 Å². The van der Waals surface area contributed by atoms with Crippen LogP contribution in [0.5, 0.6) is 0 Å². The standard InChI is InChI=1S/C36H44N4O3/c41-29-11-16-36-22-34-23-39-18-8-4-2-1-3-7-15-35(42,33(34)40(36)20-14-30(29)43-36)21-26(27(34)13-19-39)31-32-25(12-17-37-31)24-9-5-6-10-28(24)38-32/h1,3,5-6,9-10,12,17,21,27,29-30,33,38,41-42H,2,4,7-8,11,13-16,18-20,22-23H2/p+1/b3-1-/t27-,29+,30+,33+,34-,35-,36+/m0/s1. The number of aliphatic hydroxyl groups excluding tert-OH is 1. The molecule has 0 radical (unpaired) electrons. The zero-order valence-electron chi connectivity index (χ0n) is 25.1. The number of pyridine rings is 1. The number of H-pyrrole nitrogens is 2. The Balaban J connectivity index is 1.26. The van der Waals surface area contributed by atoms with Crippen molar-refractivity contribution in [3.63, 3.8) is 0 Å². The maximum absolute atomic E-state index is 13.2. The van der Waals surface area contributed by atoms with Gasteiger partial charge in [-0.05, 0) is 89.4 Å². The smallest absolute Gasteiger partial charge is 0.231 e. The van der Waals surface area contributed by atoms with Crippen molar-refractivity contribution in [1.82, 2.24) is 14.8 Å². The van der Waals surface area contributed by atoms with E-state index in [0.29, 0.717) is 12.3 Å². The van der Waals surface area contributed by atoms with E-state index >= 15 is 0 Å². The molecule has 7 heterocycles. The zero-order valence-corrected chi connectivity index (χ0v) is 25.1. The first-order valence-electron chi connectivity index (χ1n) is 16.9. The van der Waals surface area contributed by atoms with Crippen LogP contribution in [0.15, 0.2) is 54.8 Å². The van der Waals surface area contributed by atoms with E-state index in [1.165, 1.54) is 29.2 Å². The highest BCUT2D eigenvalue weighted by Crippen LogP contribution is 2.66. The van der Waals surface area contributed by atoms with Crippen molar-refractivity contribution in [3.8, 4) is 0 Å². The van der Waals surface area contributed by atoms with Gasteiger partial charge in [-0.3, -0.25) is 4.90 Å². The molecule has 6 aliphatic rings. The summed E-state index contributed by atoms with van der Waals surface area (Å²) in [7, 11) is 0. The molecule has 2 spiro atoms. The molecule has 5 bridgehead atoms. The highest BCUT2D eigenvalue weighted by Gasteiger charge is 2.72. The van der Waals surface area contributed by atoms with E-state index in [-0.39, 0.29) is 23.7 Å².